The molecule has 2 aromatic carbocycles. The standard InChI is InChI=1S/C19H18ClN3O2/c1-2-13-3-5-15(6-4-13)12-18-22-23-19(25-18)21-17(24)11-14-7-9-16(20)10-8-14/h3-10H,2,11-12H2,1H3,(H,21,23,24). The Labute approximate surface area is 151 Å². The van der Waals surface area contributed by atoms with Crippen LogP contribution in [0.4, 0.5) is 6.01 Å². The molecule has 3 aromatic rings. The van der Waals surface area contributed by atoms with Gasteiger partial charge < -0.3 is 4.42 Å². The number of aryl methyl sites for hydroxylation is 1. The first kappa shape index (κ1) is 17.2. The Kier molecular flexibility index (Phi) is 5.46. The fourth-order valence-electron chi connectivity index (χ4n) is 2.39. The molecule has 0 aliphatic carbocycles. The topological polar surface area (TPSA) is 68.0 Å². The van der Waals surface area contributed by atoms with Gasteiger partial charge in [0.05, 0.1) is 12.8 Å². The molecular weight excluding hydrogens is 338 g/mol. The summed E-state index contributed by atoms with van der Waals surface area (Å²) in [5, 5.41) is 11.1. The molecule has 0 aliphatic heterocycles. The number of carbonyl (C=O) groups is 1. The van der Waals surface area contributed by atoms with E-state index in [0.717, 1.165) is 17.5 Å². The van der Waals surface area contributed by atoms with Crippen LogP contribution in [-0.4, -0.2) is 16.1 Å². The van der Waals surface area contributed by atoms with Crippen molar-refractivity contribution in [3.05, 3.63) is 76.1 Å². The van der Waals surface area contributed by atoms with Crippen LogP contribution in [0.1, 0.15) is 29.5 Å². The van der Waals surface area contributed by atoms with Crippen molar-refractivity contribution in [2.45, 2.75) is 26.2 Å². The number of halogens is 1. The van der Waals surface area contributed by atoms with Gasteiger partial charge in [-0.2, -0.15) is 0 Å². The van der Waals surface area contributed by atoms with Gasteiger partial charge in [0.25, 0.3) is 0 Å². The number of carbonyl (C=O) groups excluding carboxylic acids is 1. The van der Waals surface area contributed by atoms with Gasteiger partial charge >= 0.3 is 6.01 Å². The second kappa shape index (κ2) is 7.94. The highest BCUT2D eigenvalue weighted by Crippen LogP contribution is 2.14. The summed E-state index contributed by atoms with van der Waals surface area (Å²) in [7, 11) is 0. The van der Waals surface area contributed by atoms with Gasteiger partial charge in [-0.15, -0.1) is 5.10 Å². The van der Waals surface area contributed by atoms with E-state index in [1.54, 1.807) is 24.3 Å². The van der Waals surface area contributed by atoms with Gasteiger partial charge in [0.2, 0.25) is 11.8 Å². The molecule has 0 saturated heterocycles. The molecule has 1 aromatic heterocycles. The zero-order valence-corrected chi connectivity index (χ0v) is 14.6. The highest BCUT2D eigenvalue weighted by molar-refractivity contribution is 6.30. The maximum atomic E-state index is 12.0. The number of hydrogen-bond acceptors (Lipinski definition) is 4. The van der Waals surface area contributed by atoms with Gasteiger partial charge in [-0.25, -0.2) is 0 Å². The first-order chi connectivity index (χ1) is 12.1. The van der Waals surface area contributed by atoms with E-state index in [-0.39, 0.29) is 18.3 Å². The average molecular weight is 356 g/mol. The average Bonchev–Trinajstić information content (AvgIpc) is 3.04. The molecule has 0 unspecified atom stereocenters. The summed E-state index contributed by atoms with van der Waals surface area (Å²) in [4.78, 5) is 12.0. The predicted octanol–water partition coefficient (Wildman–Crippen LogP) is 4.06. The second-order valence-electron chi connectivity index (χ2n) is 5.70. The first-order valence-electron chi connectivity index (χ1n) is 8.07. The highest BCUT2D eigenvalue weighted by Gasteiger charge is 2.11. The van der Waals surface area contributed by atoms with E-state index in [0.29, 0.717) is 17.3 Å². The fourth-order valence-corrected chi connectivity index (χ4v) is 2.52. The molecular formula is C19H18ClN3O2. The lowest BCUT2D eigenvalue weighted by Gasteiger charge is -2.01. The van der Waals surface area contributed by atoms with Crippen molar-refractivity contribution in [1.29, 1.82) is 0 Å². The molecule has 0 atom stereocenters. The summed E-state index contributed by atoms with van der Waals surface area (Å²) < 4.78 is 5.50. The normalized spacial score (nSPS) is 10.6. The van der Waals surface area contributed by atoms with Crippen LogP contribution in [0, 0.1) is 0 Å². The van der Waals surface area contributed by atoms with Crippen LogP contribution >= 0.6 is 11.6 Å². The third-order valence-electron chi connectivity index (χ3n) is 3.78. The fraction of sp³-hybridized carbons (Fsp3) is 0.211. The van der Waals surface area contributed by atoms with Crippen LogP contribution in [0.3, 0.4) is 0 Å². The molecule has 1 N–H and O–H groups in total. The van der Waals surface area contributed by atoms with Crippen LogP contribution in [0.25, 0.3) is 0 Å². The number of hydrogen-bond donors (Lipinski definition) is 1. The predicted molar refractivity (Wildman–Crippen MR) is 96.7 cm³/mol. The van der Waals surface area contributed by atoms with Crippen LogP contribution < -0.4 is 5.32 Å². The number of benzene rings is 2. The van der Waals surface area contributed by atoms with E-state index in [9.17, 15) is 4.79 Å². The number of amides is 1. The maximum absolute atomic E-state index is 12.0. The van der Waals surface area contributed by atoms with E-state index in [1.807, 2.05) is 12.1 Å². The van der Waals surface area contributed by atoms with Crippen molar-refractivity contribution >= 4 is 23.5 Å². The minimum absolute atomic E-state index is 0.110. The Balaban J connectivity index is 1.57. The van der Waals surface area contributed by atoms with Crippen LogP contribution in [0.2, 0.25) is 5.02 Å². The van der Waals surface area contributed by atoms with Crippen LogP contribution in [0.5, 0.6) is 0 Å². The Morgan fingerprint density at radius 2 is 1.64 bits per heavy atom. The summed E-state index contributed by atoms with van der Waals surface area (Å²) in [5.74, 6) is 0.246. The molecule has 0 fully saturated rings. The van der Waals surface area contributed by atoms with Gasteiger partial charge in [0.15, 0.2) is 0 Å². The monoisotopic (exact) mass is 355 g/mol. The van der Waals surface area contributed by atoms with Gasteiger partial charge in [0, 0.05) is 5.02 Å². The molecule has 6 heteroatoms. The quantitative estimate of drug-likeness (QED) is 0.724. The lowest BCUT2D eigenvalue weighted by Crippen LogP contribution is -2.14. The molecule has 0 radical (unpaired) electrons. The van der Waals surface area contributed by atoms with Crippen molar-refractivity contribution < 1.29 is 9.21 Å². The number of anilines is 1. The lowest BCUT2D eigenvalue weighted by molar-refractivity contribution is -0.115. The number of nitrogens with one attached hydrogen (secondary N) is 1. The summed E-state index contributed by atoms with van der Waals surface area (Å²) in [6, 6.07) is 15.5. The maximum Gasteiger partial charge on any atom is 0.322 e. The van der Waals surface area contributed by atoms with E-state index >= 15 is 0 Å². The SMILES string of the molecule is CCc1ccc(Cc2nnc(NC(=O)Cc3ccc(Cl)cc3)o2)cc1. The summed E-state index contributed by atoms with van der Waals surface area (Å²) in [6.07, 6.45) is 1.75. The van der Waals surface area contributed by atoms with Gasteiger partial charge in [-0.3, -0.25) is 10.1 Å². The van der Waals surface area contributed by atoms with Gasteiger partial charge in [-0.1, -0.05) is 60.0 Å². The zero-order chi connectivity index (χ0) is 17.6. The van der Waals surface area contributed by atoms with Crippen molar-refractivity contribution in [2.75, 3.05) is 5.32 Å². The molecule has 5 nitrogen and oxygen atoms in total. The third-order valence-corrected chi connectivity index (χ3v) is 4.03. The zero-order valence-electron chi connectivity index (χ0n) is 13.8. The smallest absolute Gasteiger partial charge is 0.322 e. The van der Waals surface area contributed by atoms with E-state index < -0.39 is 0 Å². The molecule has 3 rings (SSSR count). The molecule has 1 amide bonds. The Bertz CT molecular complexity index is 842. The van der Waals surface area contributed by atoms with Gasteiger partial charge in [0.1, 0.15) is 0 Å². The largest absolute Gasteiger partial charge is 0.407 e. The number of aromatic nitrogens is 2. The molecule has 25 heavy (non-hydrogen) atoms. The minimum Gasteiger partial charge on any atom is -0.407 e. The van der Waals surface area contributed by atoms with Crippen molar-refractivity contribution in [2.24, 2.45) is 0 Å². The summed E-state index contributed by atoms with van der Waals surface area (Å²) in [5.41, 5.74) is 3.22. The Morgan fingerprint density at radius 3 is 2.32 bits per heavy atom. The minimum atomic E-state index is -0.218. The Hall–Kier alpha value is -2.66. The van der Waals surface area contributed by atoms with Gasteiger partial charge in [-0.05, 0) is 35.2 Å². The van der Waals surface area contributed by atoms with Crippen LogP contribution in [0.15, 0.2) is 52.9 Å². The summed E-state index contributed by atoms with van der Waals surface area (Å²) in [6.45, 7) is 2.12. The highest BCUT2D eigenvalue weighted by atomic mass is 35.5. The molecule has 128 valence electrons. The summed E-state index contributed by atoms with van der Waals surface area (Å²) >= 11 is 5.83. The van der Waals surface area contributed by atoms with Crippen molar-refractivity contribution in [3.8, 4) is 0 Å². The van der Waals surface area contributed by atoms with Crippen molar-refractivity contribution in [3.63, 3.8) is 0 Å². The van der Waals surface area contributed by atoms with Crippen LogP contribution in [-0.2, 0) is 24.1 Å². The number of rotatable bonds is 6. The molecule has 0 aliphatic rings. The first-order valence-corrected chi connectivity index (χ1v) is 8.44. The van der Waals surface area contributed by atoms with E-state index in [4.69, 9.17) is 16.0 Å². The Morgan fingerprint density at radius 1 is 1.00 bits per heavy atom. The van der Waals surface area contributed by atoms with Crippen molar-refractivity contribution in [1.82, 2.24) is 10.2 Å². The lowest BCUT2D eigenvalue weighted by atomic mass is 10.1. The molecule has 0 spiro atoms. The molecule has 1 heterocycles. The number of nitrogens with zero attached hydrogens (tertiary/aromatic N) is 2. The van der Waals surface area contributed by atoms with E-state index in [2.05, 4.69) is 34.6 Å². The van der Waals surface area contributed by atoms with E-state index in [1.165, 1.54) is 5.56 Å². The third kappa shape index (κ3) is 4.90. The molecule has 0 bridgehead atoms. The second-order valence-corrected chi connectivity index (χ2v) is 6.14. The molecule has 0 saturated carbocycles.